The van der Waals surface area contributed by atoms with Gasteiger partial charge in [-0.25, -0.2) is 4.98 Å². The van der Waals surface area contributed by atoms with Crippen LogP contribution in [0.3, 0.4) is 0 Å². The minimum atomic E-state index is -3.13. The number of hydrogen-bond acceptors (Lipinski definition) is 4. The molecule has 1 amide bonds. The molecule has 6 nitrogen and oxygen atoms in total. The fourth-order valence-electron chi connectivity index (χ4n) is 4.74. The Bertz CT molecular complexity index is 1440. The van der Waals surface area contributed by atoms with Gasteiger partial charge in [0.05, 0.1) is 11.0 Å². The van der Waals surface area contributed by atoms with Crippen molar-refractivity contribution in [1.82, 2.24) is 15.0 Å². The molecule has 0 bridgehead atoms. The van der Waals surface area contributed by atoms with Crippen LogP contribution in [0.2, 0.25) is 0 Å². The molecule has 36 heavy (non-hydrogen) atoms. The molecular formula is C28H28F2N4O2. The van der Waals surface area contributed by atoms with Crippen molar-refractivity contribution >= 4 is 22.6 Å². The summed E-state index contributed by atoms with van der Waals surface area (Å²) in [5.74, 6) is -2.37. The molecule has 0 aliphatic carbocycles. The number of aromatic nitrogens is 3. The summed E-state index contributed by atoms with van der Waals surface area (Å²) in [6.45, 7) is 6.22. The Morgan fingerprint density at radius 2 is 1.86 bits per heavy atom. The van der Waals surface area contributed by atoms with E-state index in [0.29, 0.717) is 11.6 Å². The monoisotopic (exact) mass is 490 g/mol. The van der Waals surface area contributed by atoms with Crippen molar-refractivity contribution in [1.29, 1.82) is 0 Å². The second-order valence-electron chi connectivity index (χ2n) is 9.48. The van der Waals surface area contributed by atoms with Crippen LogP contribution in [-0.4, -0.2) is 34.1 Å². The van der Waals surface area contributed by atoms with E-state index in [-0.39, 0.29) is 5.56 Å². The third-order valence-corrected chi connectivity index (χ3v) is 6.68. The maximum absolute atomic E-state index is 13.7. The number of halogens is 2. The maximum atomic E-state index is 13.7. The van der Waals surface area contributed by atoms with Gasteiger partial charge in [0.1, 0.15) is 11.5 Å². The van der Waals surface area contributed by atoms with E-state index in [1.807, 2.05) is 32.0 Å². The molecule has 2 aromatic carbocycles. The van der Waals surface area contributed by atoms with E-state index in [1.165, 1.54) is 17.8 Å². The molecule has 1 aliphatic heterocycles. The average Bonchev–Trinajstić information content (AvgIpc) is 3.25. The van der Waals surface area contributed by atoms with E-state index in [2.05, 4.69) is 27.4 Å². The molecule has 186 valence electrons. The summed E-state index contributed by atoms with van der Waals surface area (Å²) < 4.78 is 32.9. The predicted octanol–water partition coefficient (Wildman–Crippen LogP) is 6.50. The van der Waals surface area contributed by atoms with Crippen molar-refractivity contribution < 1.29 is 18.3 Å². The Morgan fingerprint density at radius 1 is 1.08 bits per heavy atom. The van der Waals surface area contributed by atoms with Crippen LogP contribution in [0.25, 0.3) is 22.2 Å². The number of carbonyl (C=O) groups is 1. The predicted molar refractivity (Wildman–Crippen MR) is 136 cm³/mol. The number of aryl methyl sites for hydroxylation is 2. The lowest BCUT2D eigenvalue weighted by atomic mass is 9.88. The zero-order valence-corrected chi connectivity index (χ0v) is 20.5. The van der Waals surface area contributed by atoms with Crippen LogP contribution in [-0.2, 0) is 10.7 Å². The molecule has 5 rings (SSSR count). The molecule has 1 fully saturated rings. The van der Waals surface area contributed by atoms with Gasteiger partial charge < -0.3 is 15.0 Å². The van der Waals surface area contributed by atoms with Gasteiger partial charge in [-0.05, 0) is 85.7 Å². The van der Waals surface area contributed by atoms with Gasteiger partial charge in [0.25, 0.3) is 11.8 Å². The van der Waals surface area contributed by atoms with Crippen LogP contribution in [0, 0.1) is 13.8 Å². The Morgan fingerprint density at radius 3 is 2.61 bits per heavy atom. The Hall–Kier alpha value is -3.65. The number of H-pyrrole nitrogens is 1. The number of fused-ring (bicyclic) bond motifs is 1. The van der Waals surface area contributed by atoms with Gasteiger partial charge in [0.15, 0.2) is 0 Å². The summed E-state index contributed by atoms with van der Waals surface area (Å²) in [7, 11) is 0. The standard InChI is InChI=1S/C28H28F2N4O2/c1-16-4-5-21(34-27(35)19-6-9-31-25(14-19)28(3,29)30)15-22(16)23-12-20(18-7-10-36-11-8-18)13-24-26(23)33-17(2)32-24/h4-6,9,12-15,18H,7-8,10-11H2,1-3H3,(H,32,33)(H,34,35). The molecule has 1 saturated heterocycles. The van der Waals surface area contributed by atoms with Crippen molar-refractivity contribution in [3.8, 4) is 11.1 Å². The molecule has 1 aliphatic rings. The summed E-state index contributed by atoms with van der Waals surface area (Å²) in [5.41, 5.74) is 6.32. The second-order valence-corrected chi connectivity index (χ2v) is 9.48. The largest absolute Gasteiger partial charge is 0.381 e. The number of imidazole rings is 1. The maximum Gasteiger partial charge on any atom is 0.286 e. The highest BCUT2D eigenvalue weighted by atomic mass is 19.3. The molecule has 0 spiro atoms. The smallest absolute Gasteiger partial charge is 0.286 e. The van der Waals surface area contributed by atoms with Crippen LogP contribution >= 0.6 is 0 Å². The first kappa shape index (κ1) is 24.1. The van der Waals surface area contributed by atoms with Crippen LogP contribution < -0.4 is 5.32 Å². The van der Waals surface area contributed by atoms with Crippen LogP contribution in [0.15, 0.2) is 48.7 Å². The Balaban J connectivity index is 1.52. The summed E-state index contributed by atoms with van der Waals surface area (Å²) in [6.07, 6.45) is 3.16. The lowest BCUT2D eigenvalue weighted by Gasteiger charge is -2.23. The molecule has 0 unspecified atom stereocenters. The molecule has 8 heteroatoms. The van der Waals surface area contributed by atoms with Crippen molar-refractivity contribution in [3.63, 3.8) is 0 Å². The van der Waals surface area contributed by atoms with Gasteiger partial charge in [0.2, 0.25) is 0 Å². The fraction of sp³-hybridized carbons (Fsp3) is 0.321. The zero-order valence-electron chi connectivity index (χ0n) is 20.5. The summed E-state index contributed by atoms with van der Waals surface area (Å²) >= 11 is 0. The number of aromatic amines is 1. The van der Waals surface area contributed by atoms with Crippen molar-refractivity contribution in [2.75, 3.05) is 18.5 Å². The molecule has 4 aromatic rings. The second kappa shape index (κ2) is 9.43. The number of pyridine rings is 1. The highest BCUT2D eigenvalue weighted by Gasteiger charge is 2.27. The third-order valence-electron chi connectivity index (χ3n) is 6.68. The van der Waals surface area contributed by atoms with Gasteiger partial charge in [0, 0.05) is 43.1 Å². The highest BCUT2D eigenvalue weighted by Crippen LogP contribution is 2.37. The number of nitrogens with one attached hydrogen (secondary N) is 2. The molecule has 2 aromatic heterocycles. The highest BCUT2D eigenvalue weighted by molar-refractivity contribution is 6.05. The normalized spacial score (nSPS) is 14.8. The summed E-state index contributed by atoms with van der Waals surface area (Å²) in [4.78, 5) is 24.7. The van der Waals surface area contributed by atoms with Crippen LogP contribution in [0.5, 0.6) is 0 Å². The number of carbonyl (C=O) groups excluding carboxylic acids is 1. The Labute approximate surface area is 208 Å². The van der Waals surface area contributed by atoms with E-state index in [1.54, 1.807) is 0 Å². The number of hydrogen-bond donors (Lipinski definition) is 2. The number of rotatable bonds is 5. The van der Waals surface area contributed by atoms with Crippen molar-refractivity contribution in [2.45, 2.75) is 45.5 Å². The van der Waals surface area contributed by atoms with Gasteiger partial charge in [-0.2, -0.15) is 8.78 Å². The SMILES string of the molecule is Cc1nc2c(-c3cc(NC(=O)c4ccnc(C(C)(F)F)c4)ccc3C)cc(C3CCOCC3)cc2[nH]1. The number of amides is 1. The molecule has 2 N–H and O–H groups in total. The van der Waals surface area contributed by atoms with E-state index >= 15 is 0 Å². The molecule has 0 radical (unpaired) electrons. The van der Waals surface area contributed by atoms with E-state index in [0.717, 1.165) is 72.6 Å². The van der Waals surface area contributed by atoms with Gasteiger partial charge >= 0.3 is 0 Å². The topological polar surface area (TPSA) is 79.9 Å². The van der Waals surface area contributed by atoms with E-state index in [4.69, 9.17) is 9.72 Å². The summed E-state index contributed by atoms with van der Waals surface area (Å²) in [5, 5.41) is 2.85. The lowest BCUT2D eigenvalue weighted by molar-refractivity contribution is 0.0127. The van der Waals surface area contributed by atoms with E-state index in [9.17, 15) is 13.6 Å². The first-order valence-corrected chi connectivity index (χ1v) is 12.0. The minimum Gasteiger partial charge on any atom is -0.381 e. The van der Waals surface area contributed by atoms with Crippen LogP contribution in [0.1, 0.15) is 58.7 Å². The number of anilines is 1. The first-order valence-electron chi connectivity index (χ1n) is 12.0. The minimum absolute atomic E-state index is 0.121. The lowest BCUT2D eigenvalue weighted by Crippen LogP contribution is -2.15. The third kappa shape index (κ3) is 4.86. The van der Waals surface area contributed by atoms with Gasteiger partial charge in [-0.3, -0.25) is 9.78 Å². The molecule has 0 atom stereocenters. The van der Waals surface area contributed by atoms with E-state index < -0.39 is 17.5 Å². The zero-order chi connectivity index (χ0) is 25.4. The number of benzene rings is 2. The summed E-state index contributed by atoms with van der Waals surface area (Å²) in [6, 6.07) is 12.6. The van der Waals surface area contributed by atoms with Crippen molar-refractivity contribution in [3.05, 3.63) is 76.9 Å². The average molecular weight is 491 g/mol. The number of nitrogens with zero attached hydrogens (tertiary/aromatic N) is 2. The fourth-order valence-corrected chi connectivity index (χ4v) is 4.74. The van der Waals surface area contributed by atoms with Crippen molar-refractivity contribution in [2.24, 2.45) is 0 Å². The van der Waals surface area contributed by atoms with Gasteiger partial charge in [-0.1, -0.05) is 6.07 Å². The number of alkyl halides is 2. The molecule has 0 saturated carbocycles. The number of ether oxygens (including phenoxy) is 1. The quantitative estimate of drug-likeness (QED) is 0.335. The molecular weight excluding hydrogens is 462 g/mol. The Kier molecular flexibility index (Phi) is 6.30. The first-order chi connectivity index (χ1) is 17.2. The van der Waals surface area contributed by atoms with Crippen LogP contribution in [0.4, 0.5) is 14.5 Å². The van der Waals surface area contributed by atoms with Gasteiger partial charge in [-0.15, -0.1) is 0 Å². The molecule has 3 heterocycles.